The number of rotatable bonds is 5. The molecule has 0 saturated carbocycles. The topological polar surface area (TPSA) is 41.6 Å². The lowest BCUT2D eigenvalue weighted by atomic mass is 10.1. The molecule has 1 aliphatic rings. The first-order valence-corrected chi connectivity index (χ1v) is 8.44. The molecule has 1 amide bonds. The number of amides is 1. The van der Waals surface area contributed by atoms with E-state index in [1.807, 2.05) is 31.2 Å². The van der Waals surface area contributed by atoms with E-state index in [9.17, 15) is 4.79 Å². The van der Waals surface area contributed by atoms with Gasteiger partial charge in [0.1, 0.15) is 0 Å². The zero-order valence-electron chi connectivity index (χ0n) is 14.1. The van der Waals surface area contributed by atoms with E-state index >= 15 is 0 Å². The molecule has 1 heterocycles. The first kappa shape index (κ1) is 16.7. The van der Waals surface area contributed by atoms with E-state index in [2.05, 4.69) is 34.5 Å². The number of carbonyl (C=O) groups excluding carboxylic acids is 1. The molecule has 0 aromatic heterocycles. The Balaban J connectivity index is 1.58. The SMILES string of the molecule is Cc1ccccc1C(=O)NCc1cccc(CN2CCOCC2)c1. The highest BCUT2D eigenvalue weighted by molar-refractivity contribution is 5.95. The number of morpholine rings is 1. The van der Waals surface area contributed by atoms with Crippen molar-refractivity contribution in [1.82, 2.24) is 10.2 Å². The number of nitrogens with zero attached hydrogens (tertiary/aromatic N) is 1. The normalized spacial score (nSPS) is 15.2. The van der Waals surface area contributed by atoms with Gasteiger partial charge in [-0.25, -0.2) is 0 Å². The fraction of sp³-hybridized carbons (Fsp3) is 0.350. The van der Waals surface area contributed by atoms with Crippen molar-refractivity contribution in [3.05, 3.63) is 70.8 Å². The van der Waals surface area contributed by atoms with E-state index in [-0.39, 0.29) is 5.91 Å². The van der Waals surface area contributed by atoms with Gasteiger partial charge in [-0.3, -0.25) is 9.69 Å². The second kappa shape index (κ2) is 8.08. The first-order valence-electron chi connectivity index (χ1n) is 8.44. The highest BCUT2D eigenvalue weighted by Gasteiger charge is 2.11. The van der Waals surface area contributed by atoms with Crippen molar-refractivity contribution in [1.29, 1.82) is 0 Å². The van der Waals surface area contributed by atoms with Gasteiger partial charge in [0.15, 0.2) is 0 Å². The molecule has 1 fully saturated rings. The third-order valence-corrected chi connectivity index (χ3v) is 4.34. The Morgan fingerprint density at radius 1 is 1.08 bits per heavy atom. The molecule has 126 valence electrons. The van der Waals surface area contributed by atoms with Gasteiger partial charge in [-0.05, 0) is 29.7 Å². The fourth-order valence-electron chi connectivity index (χ4n) is 2.96. The lowest BCUT2D eigenvalue weighted by molar-refractivity contribution is 0.0342. The number of ether oxygens (including phenoxy) is 1. The van der Waals surface area contributed by atoms with E-state index in [1.54, 1.807) is 0 Å². The second-order valence-electron chi connectivity index (χ2n) is 6.21. The van der Waals surface area contributed by atoms with Crippen LogP contribution >= 0.6 is 0 Å². The minimum absolute atomic E-state index is 0.0216. The molecule has 24 heavy (non-hydrogen) atoms. The minimum atomic E-state index is -0.0216. The van der Waals surface area contributed by atoms with Crippen LogP contribution in [0.3, 0.4) is 0 Å². The van der Waals surface area contributed by atoms with Gasteiger partial charge in [0.05, 0.1) is 13.2 Å². The average molecular weight is 324 g/mol. The van der Waals surface area contributed by atoms with Crippen LogP contribution in [-0.4, -0.2) is 37.1 Å². The number of nitrogens with one attached hydrogen (secondary N) is 1. The van der Waals surface area contributed by atoms with Crippen molar-refractivity contribution in [2.45, 2.75) is 20.0 Å². The van der Waals surface area contributed by atoms with Crippen molar-refractivity contribution >= 4 is 5.91 Å². The minimum Gasteiger partial charge on any atom is -0.379 e. The van der Waals surface area contributed by atoms with Crippen molar-refractivity contribution in [2.75, 3.05) is 26.3 Å². The molecule has 0 aliphatic carbocycles. The highest BCUT2D eigenvalue weighted by atomic mass is 16.5. The van der Waals surface area contributed by atoms with E-state index < -0.39 is 0 Å². The molecule has 3 rings (SSSR count). The third-order valence-electron chi connectivity index (χ3n) is 4.34. The van der Waals surface area contributed by atoms with E-state index in [4.69, 9.17) is 4.74 Å². The Labute approximate surface area is 143 Å². The largest absolute Gasteiger partial charge is 0.379 e. The average Bonchev–Trinajstić information content (AvgIpc) is 2.61. The summed E-state index contributed by atoms with van der Waals surface area (Å²) in [7, 11) is 0. The second-order valence-corrected chi connectivity index (χ2v) is 6.21. The van der Waals surface area contributed by atoms with Crippen LogP contribution in [0, 0.1) is 6.92 Å². The van der Waals surface area contributed by atoms with Crippen molar-refractivity contribution < 1.29 is 9.53 Å². The molecule has 0 atom stereocenters. The van der Waals surface area contributed by atoms with E-state index in [0.717, 1.165) is 49.5 Å². The standard InChI is InChI=1S/C20H24N2O2/c1-16-5-2-3-8-19(16)20(23)21-14-17-6-4-7-18(13-17)15-22-9-11-24-12-10-22/h2-8,13H,9-12,14-15H2,1H3,(H,21,23). The molecule has 4 heteroatoms. The maximum atomic E-state index is 12.3. The first-order chi connectivity index (χ1) is 11.7. The summed E-state index contributed by atoms with van der Waals surface area (Å²) in [5.74, 6) is -0.0216. The summed E-state index contributed by atoms with van der Waals surface area (Å²) in [4.78, 5) is 14.7. The summed E-state index contributed by atoms with van der Waals surface area (Å²) in [6.07, 6.45) is 0. The smallest absolute Gasteiger partial charge is 0.251 e. The number of benzene rings is 2. The Bertz CT molecular complexity index is 694. The van der Waals surface area contributed by atoms with Crippen LogP contribution in [0.2, 0.25) is 0 Å². The van der Waals surface area contributed by atoms with Crippen LogP contribution in [0.5, 0.6) is 0 Å². The quantitative estimate of drug-likeness (QED) is 0.919. The van der Waals surface area contributed by atoms with Crippen LogP contribution in [-0.2, 0) is 17.8 Å². The molecule has 0 unspecified atom stereocenters. The molecule has 2 aromatic rings. The zero-order valence-corrected chi connectivity index (χ0v) is 14.1. The van der Waals surface area contributed by atoms with Crippen molar-refractivity contribution in [2.24, 2.45) is 0 Å². The van der Waals surface area contributed by atoms with Crippen LogP contribution in [0.15, 0.2) is 48.5 Å². The number of carbonyl (C=O) groups is 1. The molecule has 1 saturated heterocycles. The summed E-state index contributed by atoms with van der Waals surface area (Å²) in [6, 6.07) is 16.1. The maximum absolute atomic E-state index is 12.3. The van der Waals surface area contributed by atoms with Crippen molar-refractivity contribution in [3.63, 3.8) is 0 Å². The zero-order chi connectivity index (χ0) is 16.8. The molecule has 0 bridgehead atoms. The van der Waals surface area contributed by atoms with Gasteiger partial charge < -0.3 is 10.1 Å². The summed E-state index contributed by atoms with van der Waals surface area (Å²) >= 11 is 0. The van der Waals surface area contributed by atoms with Crippen molar-refractivity contribution in [3.8, 4) is 0 Å². The van der Waals surface area contributed by atoms with Gasteiger partial charge in [0, 0.05) is 31.7 Å². The number of hydrogen-bond donors (Lipinski definition) is 1. The summed E-state index contributed by atoms with van der Waals surface area (Å²) in [5.41, 5.74) is 4.14. The van der Waals surface area contributed by atoms with Gasteiger partial charge >= 0.3 is 0 Å². The maximum Gasteiger partial charge on any atom is 0.251 e. The lowest BCUT2D eigenvalue weighted by Gasteiger charge is -2.26. The molecule has 0 spiro atoms. The lowest BCUT2D eigenvalue weighted by Crippen LogP contribution is -2.35. The van der Waals surface area contributed by atoms with Crippen LogP contribution < -0.4 is 5.32 Å². The molecular formula is C20H24N2O2. The fourth-order valence-corrected chi connectivity index (χ4v) is 2.96. The van der Waals surface area contributed by atoms with Crippen LogP contribution in [0.4, 0.5) is 0 Å². The monoisotopic (exact) mass is 324 g/mol. The molecule has 1 N–H and O–H groups in total. The summed E-state index contributed by atoms with van der Waals surface area (Å²) in [6.45, 7) is 7.02. The predicted molar refractivity (Wildman–Crippen MR) is 94.9 cm³/mol. The summed E-state index contributed by atoms with van der Waals surface area (Å²) < 4.78 is 5.39. The molecular weight excluding hydrogens is 300 g/mol. The molecule has 1 aliphatic heterocycles. The molecule has 0 radical (unpaired) electrons. The van der Waals surface area contributed by atoms with Gasteiger partial charge in [-0.15, -0.1) is 0 Å². The van der Waals surface area contributed by atoms with E-state index in [0.29, 0.717) is 6.54 Å². The molecule has 4 nitrogen and oxygen atoms in total. The number of hydrogen-bond acceptors (Lipinski definition) is 3. The van der Waals surface area contributed by atoms with Gasteiger partial charge in [0.2, 0.25) is 0 Å². The highest BCUT2D eigenvalue weighted by Crippen LogP contribution is 2.11. The van der Waals surface area contributed by atoms with Gasteiger partial charge in [-0.1, -0.05) is 42.5 Å². The van der Waals surface area contributed by atoms with E-state index in [1.165, 1.54) is 5.56 Å². The summed E-state index contributed by atoms with van der Waals surface area (Å²) in [5, 5.41) is 3.01. The van der Waals surface area contributed by atoms with Gasteiger partial charge in [0.25, 0.3) is 5.91 Å². The van der Waals surface area contributed by atoms with Gasteiger partial charge in [-0.2, -0.15) is 0 Å². The Morgan fingerprint density at radius 3 is 2.62 bits per heavy atom. The van der Waals surface area contributed by atoms with Crippen LogP contribution in [0.25, 0.3) is 0 Å². The number of aryl methyl sites for hydroxylation is 1. The predicted octanol–water partition coefficient (Wildman–Crippen LogP) is 2.76. The van der Waals surface area contributed by atoms with Crippen LogP contribution in [0.1, 0.15) is 27.0 Å². The third kappa shape index (κ3) is 4.43. The Kier molecular flexibility index (Phi) is 5.62. The Hall–Kier alpha value is -2.17. The Morgan fingerprint density at radius 2 is 1.83 bits per heavy atom. The molecule has 2 aromatic carbocycles.